The van der Waals surface area contributed by atoms with Crippen molar-refractivity contribution in [2.75, 3.05) is 6.54 Å². The van der Waals surface area contributed by atoms with Gasteiger partial charge in [0.15, 0.2) is 0 Å². The SMILES string of the molecule is O=C(CCCN1C(=O)/C(=C\c2ccco2)SC1=S)NNC(=O)c1ccc([N+](=O)[O-])cc1. The number of hydrogen-bond donors (Lipinski definition) is 2. The summed E-state index contributed by atoms with van der Waals surface area (Å²) in [5, 5.41) is 10.6. The first-order valence-corrected chi connectivity index (χ1v) is 10.2. The normalized spacial score (nSPS) is 14.7. The number of carbonyl (C=O) groups excluding carboxylic acids is 3. The number of nitrogens with zero attached hydrogens (tertiary/aromatic N) is 2. The zero-order valence-corrected chi connectivity index (χ0v) is 17.5. The largest absolute Gasteiger partial charge is 0.465 e. The van der Waals surface area contributed by atoms with Gasteiger partial charge in [0.1, 0.15) is 10.1 Å². The minimum atomic E-state index is -0.608. The van der Waals surface area contributed by atoms with Gasteiger partial charge in [-0.25, -0.2) is 0 Å². The molecule has 1 saturated heterocycles. The first-order valence-electron chi connectivity index (χ1n) is 8.97. The van der Waals surface area contributed by atoms with Gasteiger partial charge in [-0.05, 0) is 30.7 Å². The molecule has 0 bridgehead atoms. The molecule has 1 fully saturated rings. The molecule has 1 aromatic carbocycles. The van der Waals surface area contributed by atoms with Crippen LogP contribution in [0.4, 0.5) is 5.69 Å². The van der Waals surface area contributed by atoms with Gasteiger partial charge in [0.2, 0.25) is 5.91 Å². The van der Waals surface area contributed by atoms with Gasteiger partial charge < -0.3 is 4.42 Å². The summed E-state index contributed by atoms with van der Waals surface area (Å²) in [7, 11) is 0. The summed E-state index contributed by atoms with van der Waals surface area (Å²) >= 11 is 6.39. The lowest BCUT2D eigenvalue weighted by Gasteiger charge is -2.14. The summed E-state index contributed by atoms with van der Waals surface area (Å²) in [6.45, 7) is 0.254. The molecule has 2 heterocycles. The average molecular weight is 460 g/mol. The van der Waals surface area contributed by atoms with Crippen LogP contribution in [0.5, 0.6) is 0 Å². The van der Waals surface area contributed by atoms with Crippen molar-refractivity contribution < 1.29 is 23.7 Å². The Balaban J connectivity index is 1.42. The van der Waals surface area contributed by atoms with Crippen molar-refractivity contribution in [3.8, 4) is 0 Å². The number of hydrazine groups is 1. The third-order valence-electron chi connectivity index (χ3n) is 4.13. The molecule has 1 aromatic heterocycles. The maximum atomic E-state index is 12.5. The van der Waals surface area contributed by atoms with Crippen LogP contribution in [0.15, 0.2) is 52.0 Å². The van der Waals surface area contributed by atoms with E-state index in [2.05, 4.69) is 10.9 Å². The number of thiocarbonyl (C=S) groups is 1. The molecule has 2 aromatic rings. The molecule has 3 rings (SSSR count). The van der Waals surface area contributed by atoms with Crippen LogP contribution in [0, 0.1) is 10.1 Å². The second kappa shape index (κ2) is 10.00. The molecule has 1 aliphatic heterocycles. The number of amides is 3. The van der Waals surface area contributed by atoms with E-state index < -0.39 is 16.7 Å². The molecule has 0 radical (unpaired) electrons. The molecule has 12 heteroatoms. The predicted molar refractivity (Wildman–Crippen MR) is 117 cm³/mol. The van der Waals surface area contributed by atoms with E-state index in [0.29, 0.717) is 21.4 Å². The van der Waals surface area contributed by atoms with E-state index in [0.717, 1.165) is 11.8 Å². The van der Waals surface area contributed by atoms with E-state index >= 15 is 0 Å². The predicted octanol–water partition coefficient (Wildman–Crippen LogP) is 2.63. The van der Waals surface area contributed by atoms with Gasteiger partial charge in [0, 0.05) is 36.7 Å². The van der Waals surface area contributed by atoms with Crippen LogP contribution < -0.4 is 10.9 Å². The second-order valence-corrected chi connectivity index (χ2v) is 7.93. The summed E-state index contributed by atoms with van der Waals surface area (Å²) in [5.74, 6) is -0.767. The van der Waals surface area contributed by atoms with Crippen molar-refractivity contribution >= 4 is 57.8 Å². The third kappa shape index (κ3) is 5.77. The average Bonchev–Trinajstić information content (AvgIpc) is 3.35. The molecule has 0 aliphatic carbocycles. The molecule has 0 atom stereocenters. The first kappa shape index (κ1) is 22.2. The highest BCUT2D eigenvalue weighted by Gasteiger charge is 2.31. The number of nitro benzene ring substituents is 1. The Morgan fingerprint density at radius 1 is 1.23 bits per heavy atom. The van der Waals surface area contributed by atoms with Gasteiger partial charge in [-0.2, -0.15) is 0 Å². The van der Waals surface area contributed by atoms with Gasteiger partial charge in [0.25, 0.3) is 17.5 Å². The lowest BCUT2D eigenvalue weighted by molar-refractivity contribution is -0.384. The van der Waals surface area contributed by atoms with Crippen LogP contribution in [-0.2, 0) is 9.59 Å². The van der Waals surface area contributed by atoms with Gasteiger partial charge in [0.05, 0.1) is 16.1 Å². The Kier molecular flexibility index (Phi) is 7.15. The topological polar surface area (TPSA) is 135 Å². The van der Waals surface area contributed by atoms with E-state index in [4.69, 9.17) is 16.6 Å². The Morgan fingerprint density at radius 3 is 2.61 bits per heavy atom. The quantitative estimate of drug-likeness (QED) is 0.279. The number of furan rings is 1. The van der Waals surface area contributed by atoms with Crippen molar-refractivity contribution in [3.05, 3.63) is 69.0 Å². The smallest absolute Gasteiger partial charge is 0.269 e. The highest BCUT2D eigenvalue weighted by atomic mass is 32.2. The van der Waals surface area contributed by atoms with E-state index in [1.165, 1.54) is 35.4 Å². The molecule has 31 heavy (non-hydrogen) atoms. The van der Waals surface area contributed by atoms with Crippen LogP contribution in [0.3, 0.4) is 0 Å². The molecule has 160 valence electrons. The molecule has 0 unspecified atom stereocenters. The number of benzene rings is 1. The van der Waals surface area contributed by atoms with Crippen molar-refractivity contribution in [3.63, 3.8) is 0 Å². The number of rotatable bonds is 7. The lowest BCUT2D eigenvalue weighted by Crippen LogP contribution is -2.41. The summed E-state index contributed by atoms with van der Waals surface area (Å²) < 4.78 is 5.60. The Labute approximate surface area is 185 Å². The minimum Gasteiger partial charge on any atom is -0.465 e. The van der Waals surface area contributed by atoms with Gasteiger partial charge in [-0.1, -0.05) is 24.0 Å². The second-order valence-electron chi connectivity index (χ2n) is 6.26. The van der Waals surface area contributed by atoms with E-state index in [9.17, 15) is 24.5 Å². The summed E-state index contributed by atoms with van der Waals surface area (Å²) in [6.07, 6.45) is 3.50. The van der Waals surface area contributed by atoms with Crippen molar-refractivity contribution in [2.45, 2.75) is 12.8 Å². The Bertz CT molecular complexity index is 1050. The standard InChI is InChI=1S/C19H16N4O6S2/c24-16(20-21-17(25)12-5-7-13(8-6-12)23(27)28)4-1-9-22-18(26)15(31-19(22)30)11-14-3-2-10-29-14/h2-3,5-8,10-11H,1,4,9H2,(H,20,24)(H,21,25)/b15-11+. The zero-order valence-electron chi connectivity index (χ0n) is 15.9. The number of non-ortho nitro benzene ring substituents is 1. The van der Waals surface area contributed by atoms with Gasteiger partial charge in [-0.3, -0.25) is 40.2 Å². The van der Waals surface area contributed by atoms with Crippen LogP contribution in [0.1, 0.15) is 29.0 Å². The van der Waals surface area contributed by atoms with E-state index in [1.54, 1.807) is 18.2 Å². The zero-order chi connectivity index (χ0) is 22.4. The fraction of sp³-hybridized carbons (Fsp3) is 0.158. The van der Waals surface area contributed by atoms with Crippen molar-refractivity contribution in [1.29, 1.82) is 0 Å². The van der Waals surface area contributed by atoms with Crippen LogP contribution in [0.2, 0.25) is 0 Å². The fourth-order valence-corrected chi connectivity index (χ4v) is 3.88. The molecule has 3 amide bonds. The van der Waals surface area contributed by atoms with Crippen LogP contribution >= 0.6 is 24.0 Å². The number of carbonyl (C=O) groups is 3. The fourth-order valence-electron chi connectivity index (χ4n) is 2.59. The van der Waals surface area contributed by atoms with E-state index in [1.807, 2.05) is 0 Å². The Hall–Kier alpha value is -3.51. The lowest BCUT2D eigenvalue weighted by atomic mass is 10.2. The molecule has 10 nitrogen and oxygen atoms in total. The molecule has 1 aliphatic rings. The minimum absolute atomic E-state index is 0.0504. The maximum Gasteiger partial charge on any atom is 0.269 e. The first-order chi connectivity index (χ1) is 14.8. The number of hydrogen-bond acceptors (Lipinski definition) is 8. The number of nitrogens with one attached hydrogen (secondary N) is 2. The molecule has 0 saturated carbocycles. The van der Waals surface area contributed by atoms with Crippen molar-refractivity contribution in [1.82, 2.24) is 15.8 Å². The monoisotopic (exact) mass is 460 g/mol. The van der Waals surface area contributed by atoms with E-state index in [-0.39, 0.29) is 30.1 Å². The summed E-state index contributed by atoms with van der Waals surface area (Å²) in [5.41, 5.74) is 4.52. The molecule has 0 spiro atoms. The number of thioether (sulfide) groups is 1. The summed E-state index contributed by atoms with van der Waals surface area (Å²) in [4.78, 5) is 48.3. The van der Waals surface area contributed by atoms with Crippen LogP contribution in [0.25, 0.3) is 6.08 Å². The summed E-state index contributed by atoms with van der Waals surface area (Å²) in [6, 6.07) is 8.39. The van der Waals surface area contributed by atoms with Crippen LogP contribution in [-0.4, -0.2) is 38.4 Å². The third-order valence-corrected chi connectivity index (χ3v) is 5.51. The molecular weight excluding hydrogens is 444 g/mol. The maximum absolute atomic E-state index is 12.5. The Morgan fingerprint density at radius 2 is 1.97 bits per heavy atom. The highest BCUT2D eigenvalue weighted by Crippen LogP contribution is 2.32. The molecular formula is C19H16N4O6S2. The van der Waals surface area contributed by atoms with Gasteiger partial charge in [-0.15, -0.1) is 0 Å². The highest BCUT2D eigenvalue weighted by molar-refractivity contribution is 8.26. The molecule has 2 N–H and O–H groups in total. The van der Waals surface area contributed by atoms with Gasteiger partial charge >= 0.3 is 0 Å². The van der Waals surface area contributed by atoms with Crippen molar-refractivity contribution in [2.24, 2.45) is 0 Å². The number of nitro groups is 1.